The molecule has 0 spiro atoms. The Morgan fingerprint density at radius 2 is 2.07 bits per heavy atom. The number of nitrogens with two attached hydrogens (primary N) is 1. The number of nitrogens with one attached hydrogen (secondary N) is 1. The molecule has 0 saturated heterocycles. The van der Waals surface area contributed by atoms with E-state index < -0.39 is 0 Å². The lowest BCUT2D eigenvalue weighted by atomic mass is 10.0. The van der Waals surface area contributed by atoms with E-state index in [4.69, 9.17) is 5.73 Å². The molecule has 0 unspecified atom stereocenters. The van der Waals surface area contributed by atoms with Crippen molar-refractivity contribution in [2.45, 2.75) is 19.3 Å². The van der Waals surface area contributed by atoms with Crippen LogP contribution in [0.1, 0.15) is 19.3 Å². The zero-order chi connectivity index (χ0) is 9.86. The van der Waals surface area contributed by atoms with Gasteiger partial charge >= 0.3 is 0 Å². The fraction of sp³-hybridized carbons (Fsp3) is 0.545. The first-order chi connectivity index (χ1) is 6.85. The highest BCUT2D eigenvalue weighted by molar-refractivity contribution is 5.41. The Morgan fingerprint density at radius 3 is 2.64 bits per heavy atom. The number of nitrogens with zero attached hydrogens (tertiary/aromatic N) is 1. The van der Waals surface area contributed by atoms with Gasteiger partial charge in [-0.25, -0.2) is 0 Å². The van der Waals surface area contributed by atoms with E-state index >= 15 is 0 Å². The summed E-state index contributed by atoms with van der Waals surface area (Å²) < 4.78 is 0. The Labute approximate surface area is 84.7 Å². The van der Waals surface area contributed by atoms with E-state index in [0.29, 0.717) is 5.41 Å². The molecule has 0 bridgehead atoms. The molecule has 0 atom stereocenters. The molecule has 3 N–H and O–H groups in total. The molecule has 0 amide bonds. The highest BCUT2D eigenvalue weighted by atomic mass is 14.9. The van der Waals surface area contributed by atoms with Gasteiger partial charge in [-0.2, -0.15) is 0 Å². The van der Waals surface area contributed by atoms with E-state index in [2.05, 4.69) is 10.3 Å². The second-order valence-electron chi connectivity index (χ2n) is 4.13. The van der Waals surface area contributed by atoms with E-state index in [1.54, 1.807) is 0 Å². The van der Waals surface area contributed by atoms with Crippen LogP contribution in [0.3, 0.4) is 0 Å². The number of pyridine rings is 1. The summed E-state index contributed by atoms with van der Waals surface area (Å²) in [5.41, 5.74) is 7.24. The number of hydrogen-bond acceptors (Lipinski definition) is 3. The van der Waals surface area contributed by atoms with Crippen LogP contribution in [0.5, 0.6) is 0 Å². The molecule has 3 nitrogen and oxygen atoms in total. The number of anilines is 1. The summed E-state index contributed by atoms with van der Waals surface area (Å²) in [7, 11) is 0. The summed E-state index contributed by atoms with van der Waals surface area (Å²) in [5.74, 6) is 0. The van der Waals surface area contributed by atoms with Crippen molar-refractivity contribution in [2.24, 2.45) is 11.1 Å². The minimum absolute atomic E-state index is 0.498. The van der Waals surface area contributed by atoms with Crippen molar-refractivity contribution in [3.63, 3.8) is 0 Å². The van der Waals surface area contributed by atoms with Gasteiger partial charge in [-0.3, -0.25) is 4.98 Å². The van der Waals surface area contributed by atoms with Gasteiger partial charge in [0.2, 0.25) is 0 Å². The highest BCUT2D eigenvalue weighted by Gasteiger charge is 2.41. The van der Waals surface area contributed by atoms with Crippen LogP contribution in [-0.2, 0) is 0 Å². The van der Waals surface area contributed by atoms with Crippen molar-refractivity contribution < 1.29 is 0 Å². The van der Waals surface area contributed by atoms with Crippen molar-refractivity contribution >= 4 is 5.69 Å². The largest absolute Gasteiger partial charge is 0.384 e. The minimum Gasteiger partial charge on any atom is -0.384 e. The summed E-state index contributed by atoms with van der Waals surface area (Å²) in [4.78, 5) is 3.98. The Morgan fingerprint density at radius 1 is 1.36 bits per heavy atom. The van der Waals surface area contributed by atoms with Crippen molar-refractivity contribution in [1.29, 1.82) is 0 Å². The molecule has 1 aliphatic rings. The van der Waals surface area contributed by atoms with Gasteiger partial charge in [0.25, 0.3) is 0 Å². The van der Waals surface area contributed by atoms with Gasteiger partial charge in [0.05, 0.1) is 0 Å². The summed E-state index contributed by atoms with van der Waals surface area (Å²) in [6.45, 7) is 1.85. The SMILES string of the molecule is NCCC1(CNc2ccncc2)CC1. The highest BCUT2D eigenvalue weighted by Crippen LogP contribution is 2.48. The molecular formula is C11H17N3. The third-order valence-electron chi connectivity index (χ3n) is 2.98. The van der Waals surface area contributed by atoms with E-state index in [0.717, 1.165) is 25.2 Å². The Bertz CT molecular complexity index is 280. The Kier molecular flexibility index (Phi) is 2.68. The van der Waals surface area contributed by atoms with Crippen molar-refractivity contribution in [2.75, 3.05) is 18.4 Å². The van der Waals surface area contributed by atoms with Gasteiger partial charge in [0, 0.05) is 24.6 Å². The lowest BCUT2D eigenvalue weighted by Gasteiger charge is -2.15. The molecule has 1 fully saturated rings. The zero-order valence-corrected chi connectivity index (χ0v) is 8.37. The molecule has 0 radical (unpaired) electrons. The first kappa shape index (κ1) is 9.46. The number of aromatic nitrogens is 1. The molecule has 0 aliphatic heterocycles. The summed E-state index contributed by atoms with van der Waals surface area (Å²) in [5, 5.41) is 3.44. The van der Waals surface area contributed by atoms with Crippen LogP contribution in [0.4, 0.5) is 5.69 Å². The normalized spacial score (nSPS) is 17.8. The van der Waals surface area contributed by atoms with E-state index in [9.17, 15) is 0 Å². The topological polar surface area (TPSA) is 50.9 Å². The van der Waals surface area contributed by atoms with Crippen LogP contribution >= 0.6 is 0 Å². The monoisotopic (exact) mass is 191 g/mol. The Hall–Kier alpha value is -1.09. The number of rotatable bonds is 5. The van der Waals surface area contributed by atoms with Gasteiger partial charge in [0.1, 0.15) is 0 Å². The maximum absolute atomic E-state index is 5.59. The fourth-order valence-electron chi connectivity index (χ4n) is 1.76. The first-order valence-corrected chi connectivity index (χ1v) is 5.19. The summed E-state index contributed by atoms with van der Waals surface area (Å²) in [6, 6.07) is 4.00. The first-order valence-electron chi connectivity index (χ1n) is 5.19. The van der Waals surface area contributed by atoms with Crippen LogP contribution in [0.15, 0.2) is 24.5 Å². The summed E-state index contributed by atoms with van der Waals surface area (Å²) in [6.07, 6.45) is 7.41. The number of hydrogen-bond donors (Lipinski definition) is 2. The van der Waals surface area contributed by atoms with Crippen molar-refractivity contribution in [3.05, 3.63) is 24.5 Å². The van der Waals surface area contributed by atoms with Crippen molar-refractivity contribution in [3.8, 4) is 0 Å². The second-order valence-corrected chi connectivity index (χ2v) is 4.13. The van der Waals surface area contributed by atoms with Gasteiger partial charge in [-0.1, -0.05) is 0 Å². The quantitative estimate of drug-likeness (QED) is 0.743. The van der Waals surface area contributed by atoms with Crippen LogP contribution in [-0.4, -0.2) is 18.1 Å². The molecule has 1 aliphatic carbocycles. The van der Waals surface area contributed by atoms with Gasteiger partial charge < -0.3 is 11.1 Å². The van der Waals surface area contributed by atoms with Gasteiger partial charge in [-0.05, 0) is 43.4 Å². The molecule has 76 valence electrons. The predicted octanol–water partition coefficient (Wildman–Crippen LogP) is 1.62. The maximum Gasteiger partial charge on any atom is 0.0371 e. The fourth-order valence-corrected chi connectivity index (χ4v) is 1.76. The van der Waals surface area contributed by atoms with Crippen molar-refractivity contribution in [1.82, 2.24) is 4.98 Å². The molecule has 1 aromatic heterocycles. The van der Waals surface area contributed by atoms with E-state index in [1.807, 2.05) is 24.5 Å². The summed E-state index contributed by atoms with van der Waals surface area (Å²) >= 11 is 0. The predicted molar refractivity (Wildman–Crippen MR) is 58.1 cm³/mol. The zero-order valence-electron chi connectivity index (χ0n) is 8.37. The lowest BCUT2D eigenvalue weighted by molar-refractivity contribution is 0.501. The van der Waals surface area contributed by atoms with E-state index in [-0.39, 0.29) is 0 Å². The molecular weight excluding hydrogens is 174 g/mol. The van der Waals surface area contributed by atoms with Gasteiger partial charge in [0.15, 0.2) is 0 Å². The van der Waals surface area contributed by atoms with Crippen LogP contribution in [0.2, 0.25) is 0 Å². The average molecular weight is 191 g/mol. The lowest BCUT2D eigenvalue weighted by Crippen LogP contribution is -2.19. The minimum atomic E-state index is 0.498. The molecule has 0 aromatic carbocycles. The smallest absolute Gasteiger partial charge is 0.0371 e. The molecule has 14 heavy (non-hydrogen) atoms. The van der Waals surface area contributed by atoms with E-state index in [1.165, 1.54) is 12.8 Å². The standard InChI is InChI=1S/C11H17N3/c12-6-5-11(3-4-11)9-14-10-1-7-13-8-2-10/h1-2,7-8H,3-6,9,12H2,(H,13,14). The van der Waals surface area contributed by atoms with Crippen LogP contribution in [0, 0.1) is 5.41 Å². The molecule has 1 heterocycles. The molecule has 1 saturated carbocycles. The molecule has 3 heteroatoms. The van der Waals surface area contributed by atoms with Crippen LogP contribution in [0.25, 0.3) is 0 Å². The molecule has 2 rings (SSSR count). The average Bonchev–Trinajstić information content (AvgIpc) is 2.98. The second kappa shape index (κ2) is 3.96. The Balaban J connectivity index is 1.83. The third kappa shape index (κ3) is 2.23. The van der Waals surface area contributed by atoms with Crippen LogP contribution < -0.4 is 11.1 Å². The third-order valence-corrected chi connectivity index (χ3v) is 2.98. The van der Waals surface area contributed by atoms with Gasteiger partial charge in [-0.15, -0.1) is 0 Å². The molecule has 1 aromatic rings. The maximum atomic E-state index is 5.59.